The van der Waals surface area contributed by atoms with Crippen molar-refractivity contribution in [2.75, 3.05) is 0 Å². The monoisotopic (exact) mass is 880 g/mol. The molecule has 0 spiro atoms. The maximum atomic E-state index is 6.62. The number of hydrogen-bond donors (Lipinski definition) is 0. The Morgan fingerprint density at radius 1 is 0.367 bits per heavy atom. The zero-order chi connectivity index (χ0) is 39.6. The third-order valence-corrected chi connectivity index (χ3v) is 17.4. The summed E-state index contributed by atoms with van der Waals surface area (Å²) in [5.41, 5.74) is 12.1. The van der Waals surface area contributed by atoms with Gasteiger partial charge in [0, 0.05) is 16.2 Å². The van der Waals surface area contributed by atoms with Crippen LogP contribution in [0.4, 0.5) is 0 Å². The van der Waals surface area contributed by atoms with E-state index in [1.165, 1.54) is 21.8 Å². The number of para-hydroxylation sites is 1. The van der Waals surface area contributed by atoms with Crippen LogP contribution < -0.4 is 0 Å². The molecule has 60 heavy (non-hydrogen) atoms. The third-order valence-electron chi connectivity index (χ3n) is 11.3. The first-order valence-corrected chi connectivity index (χ1v) is 23.2. The second-order valence-corrected chi connectivity index (χ2v) is 20.0. The van der Waals surface area contributed by atoms with Crippen molar-refractivity contribution in [3.8, 4) is 67.7 Å². The Hall–Kier alpha value is -7.29. The van der Waals surface area contributed by atoms with E-state index < -0.39 is 19.8 Å². The van der Waals surface area contributed by atoms with Gasteiger partial charge in [0.25, 0.3) is 0 Å². The Morgan fingerprint density at radius 2 is 0.867 bits per heavy atom. The largest absolute Gasteiger partial charge is 0.454 e. The molecule has 12 rings (SSSR count). The Labute approximate surface area is 353 Å². The van der Waals surface area contributed by atoms with Crippen LogP contribution in [0.1, 0.15) is 0 Å². The van der Waals surface area contributed by atoms with E-state index in [-0.39, 0.29) is 0 Å². The van der Waals surface area contributed by atoms with Crippen LogP contribution in [-0.4, -0.2) is 19.9 Å². The quantitative estimate of drug-likeness (QED) is 0.156. The summed E-state index contributed by atoms with van der Waals surface area (Å²) in [6.07, 6.45) is 0. The minimum atomic E-state index is -1.85. The standard InChI is InChI=1S/C54H33IN4O/c1-3-13-34(14-4-1)39-29-32-47-44(33-39)49-43-19-9-12-22-48(43)60-51(49)50(56-47)35-23-25-37(26-24-35)53-57-52(36-15-5-2-6-16-36)58-54(59-53)38-27-30-40(31-28-38)55-45-20-10-7-17-41(45)42-18-8-11-21-46(42)55/h1-33H. The van der Waals surface area contributed by atoms with E-state index in [1.54, 1.807) is 0 Å². The fourth-order valence-corrected chi connectivity index (χ4v) is 14.7. The molecule has 1 aliphatic rings. The van der Waals surface area contributed by atoms with Gasteiger partial charge in [0.1, 0.15) is 5.58 Å². The summed E-state index contributed by atoms with van der Waals surface area (Å²) in [4.78, 5) is 20.4. The number of furan rings is 1. The van der Waals surface area contributed by atoms with E-state index in [4.69, 9.17) is 24.4 Å². The molecule has 0 amide bonds. The molecule has 5 nitrogen and oxygen atoms in total. The van der Waals surface area contributed by atoms with Crippen LogP contribution >= 0.6 is 19.8 Å². The van der Waals surface area contributed by atoms with Gasteiger partial charge in [0.15, 0.2) is 5.58 Å². The van der Waals surface area contributed by atoms with E-state index >= 15 is 0 Å². The van der Waals surface area contributed by atoms with Crippen molar-refractivity contribution in [1.29, 1.82) is 0 Å². The van der Waals surface area contributed by atoms with Crippen molar-refractivity contribution in [1.82, 2.24) is 19.9 Å². The number of hydrogen-bond acceptors (Lipinski definition) is 5. The third kappa shape index (κ3) is 5.82. The number of fused-ring (bicyclic) bond motifs is 8. The fraction of sp³-hybridized carbons (Fsp3) is 0. The van der Waals surface area contributed by atoms with Crippen molar-refractivity contribution in [2.45, 2.75) is 0 Å². The average Bonchev–Trinajstić information content (AvgIpc) is 3.89. The fourth-order valence-electron chi connectivity index (χ4n) is 8.38. The van der Waals surface area contributed by atoms with E-state index in [0.29, 0.717) is 17.5 Å². The van der Waals surface area contributed by atoms with E-state index in [9.17, 15) is 0 Å². The summed E-state index contributed by atoms with van der Waals surface area (Å²) >= 11 is -1.85. The number of pyridine rings is 1. The Morgan fingerprint density at radius 3 is 1.52 bits per heavy atom. The first kappa shape index (κ1) is 34.7. The second kappa shape index (κ2) is 14.2. The van der Waals surface area contributed by atoms with Gasteiger partial charge in [-0.15, -0.1) is 0 Å². The molecule has 4 heterocycles. The Bertz CT molecular complexity index is 3370. The van der Waals surface area contributed by atoms with Crippen LogP contribution in [0.15, 0.2) is 205 Å². The average molecular weight is 881 g/mol. The molecule has 6 heteroatoms. The summed E-state index contributed by atoms with van der Waals surface area (Å²) < 4.78 is 11.0. The van der Waals surface area contributed by atoms with Crippen molar-refractivity contribution in [2.24, 2.45) is 0 Å². The predicted molar refractivity (Wildman–Crippen MR) is 252 cm³/mol. The molecule has 0 aliphatic carbocycles. The van der Waals surface area contributed by atoms with Gasteiger partial charge < -0.3 is 4.42 Å². The van der Waals surface area contributed by atoms with Crippen LogP contribution in [0, 0.1) is 10.7 Å². The number of aromatic nitrogens is 4. The van der Waals surface area contributed by atoms with Gasteiger partial charge in [-0.25, -0.2) is 4.98 Å². The van der Waals surface area contributed by atoms with E-state index in [0.717, 1.165) is 71.9 Å². The zero-order valence-corrected chi connectivity index (χ0v) is 34.3. The molecule has 0 saturated heterocycles. The van der Waals surface area contributed by atoms with Crippen LogP contribution in [0.25, 0.3) is 101 Å². The van der Waals surface area contributed by atoms with Gasteiger partial charge in [-0.1, -0.05) is 54.6 Å². The predicted octanol–water partition coefficient (Wildman–Crippen LogP) is 14.1. The molecule has 0 saturated carbocycles. The molecule has 0 fully saturated rings. The number of rotatable bonds is 6. The zero-order valence-electron chi connectivity index (χ0n) is 32.1. The molecule has 282 valence electrons. The summed E-state index contributed by atoms with van der Waals surface area (Å²) in [7, 11) is 0. The molecule has 11 aromatic rings. The molecule has 0 unspecified atom stereocenters. The van der Waals surface area contributed by atoms with Gasteiger partial charge >= 0.3 is 229 Å². The SMILES string of the molecule is c1ccc(-c2ccc3nc(-c4ccc(-c5nc(-c6ccccc6)nc(-c6ccc(I7c8ccccc8-c8ccccc87)cc6)n5)cc4)c4oc5ccccc5c4c3c2)cc1. The van der Waals surface area contributed by atoms with Crippen molar-refractivity contribution < 1.29 is 4.42 Å². The molecule has 0 N–H and O–H groups in total. The first-order valence-electron chi connectivity index (χ1n) is 19.9. The first-order chi connectivity index (χ1) is 29.7. The summed E-state index contributed by atoms with van der Waals surface area (Å²) in [6.45, 7) is 0. The van der Waals surface area contributed by atoms with Gasteiger partial charge in [-0.2, -0.15) is 0 Å². The molecule has 0 radical (unpaired) electrons. The van der Waals surface area contributed by atoms with Crippen LogP contribution in [0.3, 0.4) is 0 Å². The Balaban J connectivity index is 0.943. The molecular formula is C54H33IN4O. The van der Waals surface area contributed by atoms with Crippen LogP contribution in [0.5, 0.6) is 0 Å². The maximum absolute atomic E-state index is 6.62. The van der Waals surface area contributed by atoms with Gasteiger partial charge in [-0.3, -0.25) is 0 Å². The summed E-state index contributed by atoms with van der Waals surface area (Å²) in [5, 5.41) is 3.21. The summed E-state index contributed by atoms with van der Waals surface area (Å²) in [5.74, 6) is 1.88. The van der Waals surface area contributed by atoms with Crippen LogP contribution in [-0.2, 0) is 0 Å². The minimum absolute atomic E-state index is 0.609. The summed E-state index contributed by atoms with van der Waals surface area (Å²) in [6, 6.07) is 70.4. The number of benzene rings is 8. The van der Waals surface area contributed by atoms with Gasteiger partial charge in [0.05, 0.1) is 5.52 Å². The van der Waals surface area contributed by atoms with Gasteiger partial charge in [0.2, 0.25) is 0 Å². The molecule has 0 bridgehead atoms. The van der Waals surface area contributed by atoms with Crippen molar-refractivity contribution in [3.63, 3.8) is 0 Å². The molecule has 8 aromatic carbocycles. The van der Waals surface area contributed by atoms with Crippen molar-refractivity contribution in [3.05, 3.63) is 211 Å². The minimum Gasteiger partial charge on any atom is -0.454 e. The van der Waals surface area contributed by atoms with Gasteiger partial charge in [-0.05, 0) is 29.3 Å². The van der Waals surface area contributed by atoms with E-state index in [1.807, 2.05) is 48.5 Å². The number of nitrogens with zero attached hydrogens (tertiary/aromatic N) is 4. The molecular weight excluding hydrogens is 848 g/mol. The normalized spacial score (nSPS) is 12.6. The molecule has 1 aliphatic heterocycles. The second-order valence-electron chi connectivity index (χ2n) is 14.9. The molecule has 0 atom stereocenters. The maximum Gasteiger partial charge on any atom is 0.162 e. The smallest absolute Gasteiger partial charge is 0.162 e. The Kier molecular flexibility index (Phi) is 8.23. The van der Waals surface area contributed by atoms with Crippen LogP contribution in [0.2, 0.25) is 0 Å². The topological polar surface area (TPSA) is 64.7 Å². The van der Waals surface area contributed by atoms with Crippen molar-refractivity contribution >= 4 is 52.7 Å². The van der Waals surface area contributed by atoms with E-state index in [2.05, 4.69) is 152 Å². The number of halogens is 1. The molecule has 3 aromatic heterocycles.